The predicted molar refractivity (Wildman–Crippen MR) is 87.7 cm³/mol. The van der Waals surface area contributed by atoms with Crippen LogP contribution in [0.4, 0.5) is 0 Å². The molecule has 0 spiro atoms. The molecule has 2 aromatic carbocycles. The molecular weight excluding hydrogens is 308 g/mol. The molecule has 124 valence electrons. The lowest BCUT2D eigenvalue weighted by Gasteiger charge is -2.09. The Bertz CT molecular complexity index is 756. The number of aliphatic hydroxyl groups excluding tert-OH is 1. The number of phenolic OH excluding ortho intramolecular Hbond substituents is 1. The number of para-hydroxylation sites is 1. The van der Waals surface area contributed by atoms with Gasteiger partial charge in [0.1, 0.15) is 11.5 Å². The van der Waals surface area contributed by atoms with E-state index in [9.17, 15) is 10.2 Å². The van der Waals surface area contributed by atoms with E-state index >= 15 is 0 Å². The number of ether oxygens (including phenoxy) is 1. The fraction of sp³-hybridized carbons (Fsp3) is 0.222. The van der Waals surface area contributed by atoms with Crippen LogP contribution in [0, 0.1) is 0 Å². The molecule has 1 unspecified atom stereocenters. The Labute approximate surface area is 139 Å². The smallest absolute Gasteiger partial charge is 0.247 e. The summed E-state index contributed by atoms with van der Waals surface area (Å²) >= 11 is 0. The molecule has 6 nitrogen and oxygen atoms in total. The lowest BCUT2D eigenvalue weighted by Crippen LogP contribution is -2.15. The van der Waals surface area contributed by atoms with Gasteiger partial charge < -0.3 is 19.4 Å². The Morgan fingerprint density at radius 2 is 1.75 bits per heavy atom. The van der Waals surface area contributed by atoms with E-state index < -0.39 is 6.10 Å². The summed E-state index contributed by atoms with van der Waals surface area (Å²) in [5.41, 5.74) is 0.716. The molecule has 0 aliphatic rings. The van der Waals surface area contributed by atoms with Crippen LogP contribution in [0.3, 0.4) is 0 Å². The highest BCUT2D eigenvalue weighted by Crippen LogP contribution is 2.21. The van der Waals surface area contributed by atoms with Gasteiger partial charge in [0.25, 0.3) is 0 Å². The Hall–Kier alpha value is -2.86. The minimum atomic E-state index is -0.623. The minimum absolute atomic E-state index is 0.173. The lowest BCUT2D eigenvalue weighted by molar-refractivity contribution is 0.132. The highest BCUT2D eigenvalue weighted by molar-refractivity contribution is 5.53. The van der Waals surface area contributed by atoms with Gasteiger partial charge in [0.2, 0.25) is 11.8 Å². The van der Waals surface area contributed by atoms with Crippen LogP contribution in [0.25, 0.3) is 11.5 Å². The van der Waals surface area contributed by atoms with Gasteiger partial charge in [-0.15, -0.1) is 10.2 Å². The monoisotopic (exact) mass is 326 g/mol. The molecule has 24 heavy (non-hydrogen) atoms. The summed E-state index contributed by atoms with van der Waals surface area (Å²) in [4.78, 5) is 0. The predicted octanol–water partition coefficient (Wildman–Crippen LogP) is 2.81. The van der Waals surface area contributed by atoms with Crippen LogP contribution in [0.1, 0.15) is 12.3 Å². The summed E-state index contributed by atoms with van der Waals surface area (Å²) in [5, 5.41) is 27.2. The van der Waals surface area contributed by atoms with Gasteiger partial charge in [0, 0.05) is 12.0 Å². The fourth-order valence-electron chi connectivity index (χ4n) is 2.19. The van der Waals surface area contributed by atoms with Crippen molar-refractivity contribution in [3.05, 3.63) is 60.5 Å². The van der Waals surface area contributed by atoms with Crippen molar-refractivity contribution in [3.63, 3.8) is 0 Å². The third kappa shape index (κ3) is 4.33. The number of benzene rings is 2. The Morgan fingerprint density at radius 3 is 2.50 bits per heavy atom. The molecule has 1 heterocycles. The summed E-state index contributed by atoms with van der Waals surface area (Å²) in [6.07, 6.45) is 0.108. The first-order valence-corrected chi connectivity index (χ1v) is 7.68. The molecule has 0 aliphatic heterocycles. The van der Waals surface area contributed by atoms with Gasteiger partial charge >= 0.3 is 0 Å². The molecule has 3 aromatic rings. The number of hydrogen-bond acceptors (Lipinski definition) is 6. The molecular formula is C18H18N2O4. The van der Waals surface area contributed by atoms with Crippen LogP contribution in [-0.4, -0.2) is 33.1 Å². The first-order valence-electron chi connectivity index (χ1n) is 7.68. The van der Waals surface area contributed by atoms with Gasteiger partial charge in [0.15, 0.2) is 0 Å². The number of aromatic nitrogens is 2. The summed E-state index contributed by atoms with van der Waals surface area (Å²) in [6.45, 7) is 0.407. The SMILES string of the molecule is Oc1ccc(-c2nnc(CC(O)CCOc3ccccc3)o2)cc1. The van der Waals surface area contributed by atoms with Crippen molar-refractivity contribution in [2.75, 3.05) is 6.61 Å². The van der Waals surface area contributed by atoms with E-state index in [2.05, 4.69) is 10.2 Å². The fourth-order valence-corrected chi connectivity index (χ4v) is 2.19. The third-order valence-electron chi connectivity index (χ3n) is 3.45. The zero-order valence-electron chi connectivity index (χ0n) is 13.0. The average Bonchev–Trinajstić information content (AvgIpc) is 3.05. The largest absolute Gasteiger partial charge is 0.508 e. The summed E-state index contributed by atoms with van der Waals surface area (Å²) < 4.78 is 11.1. The first kappa shape index (κ1) is 16.0. The molecule has 0 aliphatic carbocycles. The average molecular weight is 326 g/mol. The maximum absolute atomic E-state index is 10.1. The Morgan fingerprint density at radius 1 is 1.00 bits per heavy atom. The summed E-state index contributed by atoms with van der Waals surface area (Å²) in [7, 11) is 0. The van der Waals surface area contributed by atoms with Crippen molar-refractivity contribution in [1.29, 1.82) is 0 Å². The van der Waals surface area contributed by atoms with Crippen molar-refractivity contribution < 1.29 is 19.4 Å². The first-order chi connectivity index (χ1) is 11.7. The molecule has 0 radical (unpaired) electrons. The number of hydrogen-bond donors (Lipinski definition) is 2. The van der Waals surface area contributed by atoms with Gasteiger partial charge in [-0.1, -0.05) is 18.2 Å². The standard InChI is InChI=1S/C18H18N2O4/c21-14-8-6-13(7-9-14)18-20-19-17(24-18)12-15(22)10-11-23-16-4-2-1-3-5-16/h1-9,15,21-22H,10-12H2. The second-order valence-corrected chi connectivity index (χ2v) is 5.36. The maximum Gasteiger partial charge on any atom is 0.247 e. The molecule has 0 bridgehead atoms. The molecule has 0 saturated carbocycles. The molecule has 0 saturated heterocycles. The number of rotatable bonds is 7. The zero-order valence-corrected chi connectivity index (χ0v) is 13.0. The number of aliphatic hydroxyl groups is 1. The van der Waals surface area contributed by atoms with Gasteiger partial charge in [0.05, 0.1) is 19.1 Å². The van der Waals surface area contributed by atoms with E-state index in [1.807, 2.05) is 30.3 Å². The van der Waals surface area contributed by atoms with Crippen molar-refractivity contribution in [3.8, 4) is 23.0 Å². The maximum atomic E-state index is 10.1. The molecule has 3 rings (SSSR count). The van der Waals surface area contributed by atoms with Crippen LogP contribution < -0.4 is 4.74 Å². The van der Waals surface area contributed by atoms with E-state index in [1.165, 1.54) is 0 Å². The number of phenols is 1. The van der Waals surface area contributed by atoms with E-state index in [-0.39, 0.29) is 12.2 Å². The number of nitrogens with zero attached hydrogens (tertiary/aromatic N) is 2. The molecule has 1 aromatic heterocycles. The normalized spacial score (nSPS) is 12.0. The van der Waals surface area contributed by atoms with E-state index in [0.29, 0.717) is 30.4 Å². The van der Waals surface area contributed by atoms with Gasteiger partial charge in [-0.3, -0.25) is 0 Å². The minimum Gasteiger partial charge on any atom is -0.508 e. The van der Waals surface area contributed by atoms with Crippen LogP contribution >= 0.6 is 0 Å². The zero-order chi connectivity index (χ0) is 16.8. The van der Waals surface area contributed by atoms with Crippen molar-refractivity contribution in [2.45, 2.75) is 18.9 Å². The summed E-state index contributed by atoms with van der Waals surface area (Å²) in [5.74, 6) is 1.67. The molecule has 0 fully saturated rings. The third-order valence-corrected chi connectivity index (χ3v) is 3.45. The van der Waals surface area contributed by atoms with Crippen LogP contribution in [0.2, 0.25) is 0 Å². The molecule has 0 amide bonds. The lowest BCUT2D eigenvalue weighted by atomic mass is 10.2. The van der Waals surface area contributed by atoms with Gasteiger partial charge in [-0.25, -0.2) is 0 Å². The van der Waals surface area contributed by atoms with E-state index in [0.717, 1.165) is 5.75 Å². The Kier molecular flexibility index (Phi) is 5.08. The highest BCUT2D eigenvalue weighted by atomic mass is 16.5. The van der Waals surface area contributed by atoms with E-state index in [1.54, 1.807) is 24.3 Å². The van der Waals surface area contributed by atoms with Gasteiger partial charge in [-0.05, 0) is 36.4 Å². The van der Waals surface area contributed by atoms with Crippen molar-refractivity contribution >= 4 is 0 Å². The van der Waals surface area contributed by atoms with Crippen molar-refractivity contribution in [2.24, 2.45) is 0 Å². The van der Waals surface area contributed by atoms with Crippen molar-refractivity contribution in [1.82, 2.24) is 10.2 Å². The topological polar surface area (TPSA) is 88.6 Å². The Balaban J connectivity index is 1.50. The van der Waals surface area contributed by atoms with Crippen LogP contribution in [0.5, 0.6) is 11.5 Å². The molecule has 1 atom stereocenters. The second kappa shape index (κ2) is 7.61. The second-order valence-electron chi connectivity index (χ2n) is 5.36. The quantitative estimate of drug-likeness (QED) is 0.694. The molecule has 2 N–H and O–H groups in total. The molecule has 6 heteroatoms. The summed E-state index contributed by atoms with van der Waals surface area (Å²) in [6, 6.07) is 15.9. The van der Waals surface area contributed by atoms with Crippen LogP contribution in [-0.2, 0) is 6.42 Å². The van der Waals surface area contributed by atoms with E-state index in [4.69, 9.17) is 9.15 Å². The highest BCUT2D eigenvalue weighted by Gasteiger charge is 2.13. The van der Waals surface area contributed by atoms with Crippen LogP contribution in [0.15, 0.2) is 59.0 Å². The van der Waals surface area contributed by atoms with Gasteiger partial charge in [-0.2, -0.15) is 0 Å². The number of aromatic hydroxyl groups is 1.